The van der Waals surface area contributed by atoms with E-state index < -0.39 is 30.0 Å². The summed E-state index contributed by atoms with van der Waals surface area (Å²) in [6.45, 7) is 18.8. The highest BCUT2D eigenvalue weighted by Gasteiger charge is 2.75. The van der Waals surface area contributed by atoms with Crippen LogP contribution in [0.3, 0.4) is 0 Å². The summed E-state index contributed by atoms with van der Waals surface area (Å²) in [6.07, 6.45) is 3.68. The monoisotopic (exact) mass is 1250 g/mol. The van der Waals surface area contributed by atoms with Crippen LogP contribution in [0, 0.1) is 157 Å². The second kappa shape index (κ2) is 19.8. The fourth-order valence-electron chi connectivity index (χ4n) is 22.2. The Balaban J connectivity index is 0.0000000883. The summed E-state index contributed by atoms with van der Waals surface area (Å²) >= 11 is 0. The van der Waals surface area contributed by atoms with Gasteiger partial charge in [0.1, 0.15) is 72.9 Å². The number of fused-ring (bicyclic) bond motifs is 7. The molecule has 15 aliphatic heterocycles. The van der Waals surface area contributed by atoms with Crippen LogP contribution in [0.15, 0.2) is 0 Å². The summed E-state index contributed by atoms with van der Waals surface area (Å²) in [5.74, 6) is -1.19. The Morgan fingerprint density at radius 2 is 1.00 bits per heavy atom. The SMILES string of the molecule is CC1(C)C2CC3C(=O)OC1C3C2.CC1(C)C2CC3C(=O)OC1C3O2.CC1(C)C2OC3C(C(=O)OC31)C2C#N.CC1C2CC3C1OC(=O)C3C2C#N.CC1C2CC3C1OC(=O)C3C2C(=O)OC1C2CC3C(=O)OC1C3O2.COC(=O)C1C2OC3C(OC(=O)C31)C2C. The summed E-state index contributed by atoms with van der Waals surface area (Å²) in [5, 5.41) is 18.0. The second-order valence-electron chi connectivity index (χ2n) is 31.7. The first-order chi connectivity index (χ1) is 42.7. The third-order valence-corrected chi connectivity index (χ3v) is 26.9. The van der Waals surface area contributed by atoms with Crippen molar-refractivity contribution in [2.75, 3.05) is 7.11 Å². The normalized spacial score (nSPS) is 54.3. The van der Waals surface area contributed by atoms with Crippen LogP contribution in [0.5, 0.6) is 0 Å². The van der Waals surface area contributed by atoms with Crippen LogP contribution >= 0.6 is 0 Å². The van der Waals surface area contributed by atoms with Gasteiger partial charge in [0, 0.05) is 39.9 Å². The van der Waals surface area contributed by atoms with Gasteiger partial charge in [-0.15, -0.1) is 0 Å². The van der Waals surface area contributed by atoms with Crippen LogP contribution in [0.1, 0.15) is 101 Å². The number of nitriles is 2. The van der Waals surface area contributed by atoms with Crippen molar-refractivity contribution < 1.29 is 105 Å². The van der Waals surface area contributed by atoms with E-state index in [0.29, 0.717) is 30.1 Å². The van der Waals surface area contributed by atoms with Gasteiger partial charge in [0.05, 0.1) is 96.9 Å². The van der Waals surface area contributed by atoms with Crippen molar-refractivity contribution in [3.8, 4) is 12.1 Å². The minimum absolute atomic E-state index is 0.0220. The van der Waals surface area contributed by atoms with Crippen molar-refractivity contribution in [1.82, 2.24) is 0 Å². The Morgan fingerprint density at radius 3 is 1.67 bits per heavy atom. The van der Waals surface area contributed by atoms with Crippen molar-refractivity contribution in [3.05, 3.63) is 0 Å². The van der Waals surface area contributed by atoms with Gasteiger partial charge >= 0.3 is 53.7 Å². The molecule has 6 aliphatic carbocycles. The Morgan fingerprint density at radius 1 is 0.422 bits per heavy atom. The first-order valence-corrected chi connectivity index (χ1v) is 32.8. The number of ether oxygens (including phenoxy) is 13. The lowest BCUT2D eigenvalue weighted by atomic mass is 9.67. The molecule has 0 aromatic rings. The highest BCUT2D eigenvalue weighted by molar-refractivity contribution is 5.87. The molecule has 24 heteroatoms. The van der Waals surface area contributed by atoms with Gasteiger partial charge < -0.3 is 61.6 Å². The molecule has 21 rings (SSSR count). The van der Waals surface area contributed by atoms with E-state index in [-0.39, 0.29) is 226 Å². The van der Waals surface area contributed by atoms with Crippen LogP contribution < -0.4 is 0 Å². The van der Waals surface area contributed by atoms with E-state index >= 15 is 0 Å². The van der Waals surface area contributed by atoms with Gasteiger partial charge in [-0.05, 0) is 68.1 Å². The first-order valence-electron chi connectivity index (χ1n) is 32.8. The summed E-state index contributed by atoms with van der Waals surface area (Å²) < 4.78 is 70.5. The average Bonchev–Trinajstić information content (AvgIpc) is 1.57. The Kier molecular flexibility index (Phi) is 13.0. The van der Waals surface area contributed by atoms with Gasteiger partial charge in [0.15, 0.2) is 12.2 Å². The molecule has 0 aromatic carbocycles. The van der Waals surface area contributed by atoms with Crippen LogP contribution in [-0.2, 0) is 105 Å². The molecule has 0 amide bonds. The Bertz CT molecular complexity index is 3220. The summed E-state index contributed by atoms with van der Waals surface area (Å²) in [4.78, 5) is 106. The second-order valence-corrected chi connectivity index (χ2v) is 31.7. The summed E-state index contributed by atoms with van der Waals surface area (Å²) in [7, 11) is 1.33. The van der Waals surface area contributed by atoms with Crippen molar-refractivity contribution in [2.45, 2.75) is 199 Å². The number of methoxy groups -OCH3 is 1. The molecule has 36 unspecified atom stereocenters. The van der Waals surface area contributed by atoms with Crippen molar-refractivity contribution >= 4 is 53.7 Å². The molecule has 0 radical (unpaired) electrons. The van der Waals surface area contributed by atoms with Crippen LogP contribution in [0.4, 0.5) is 0 Å². The Labute approximate surface area is 519 Å². The number of hydrogen-bond acceptors (Lipinski definition) is 24. The molecule has 6 saturated carbocycles. The lowest BCUT2D eigenvalue weighted by Gasteiger charge is -2.32. The minimum atomic E-state index is -0.534. The first kappa shape index (κ1) is 59.1. The van der Waals surface area contributed by atoms with E-state index in [1.54, 1.807) is 0 Å². The maximum absolute atomic E-state index is 12.9. The van der Waals surface area contributed by atoms with E-state index in [0.717, 1.165) is 31.6 Å². The molecule has 24 nitrogen and oxygen atoms in total. The molecule has 21 fully saturated rings. The van der Waals surface area contributed by atoms with Gasteiger partial charge in [-0.25, -0.2) is 0 Å². The molecule has 0 spiro atoms. The molecule has 14 bridgehead atoms. The van der Waals surface area contributed by atoms with Crippen molar-refractivity contribution in [1.29, 1.82) is 10.5 Å². The van der Waals surface area contributed by atoms with Crippen molar-refractivity contribution in [2.24, 2.45) is 135 Å². The molecule has 484 valence electrons. The maximum Gasteiger partial charge on any atom is 0.313 e. The number of hydrogen-bond donors (Lipinski definition) is 0. The van der Waals surface area contributed by atoms with E-state index in [4.69, 9.17) is 72.1 Å². The van der Waals surface area contributed by atoms with Crippen LogP contribution in [0.25, 0.3) is 0 Å². The molecule has 0 N–H and O–H groups in total. The van der Waals surface area contributed by atoms with E-state index in [1.165, 1.54) is 13.5 Å². The minimum Gasteiger partial charge on any atom is -0.469 e. The predicted octanol–water partition coefficient (Wildman–Crippen LogP) is 3.54. The lowest BCUT2D eigenvalue weighted by Crippen LogP contribution is -2.44. The van der Waals surface area contributed by atoms with Gasteiger partial charge in [-0.1, -0.05) is 62.3 Å². The fourth-order valence-corrected chi connectivity index (χ4v) is 22.2. The molecule has 15 heterocycles. The lowest BCUT2D eigenvalue weighted by molar-refractivity contribution is -0.168. The fraction of sp³-hybridized carbons (Fsp3) is 0.833. The number of esters is 9. The summed E-state index contributed by atoms with van der Waals surface area (Å²) in [5.41, 5.74) is 0.0778. The smallest absolute Gasteiger partial charge is 0.313 e. The summed E-state index contributed by atoms with van der Waals surface area (Å²) in [6, 6.07) is 4.47. The number of nitrogens with zero attached hydrogens (tertiary/aromatic N) is 2. The molecular formula is C66H78N2O22. The molecule has 36 atom stereocenters. The highest BCUT2D eigenvalue weighted by Crippen LogP contribution is 2.65. The van der Waals surface area contributed by atoms with E-state index in [9.17, 15) is 43.2 Å². The van der Waals surface area contributed by atoms with E-state index in [1.807, 2.05) is 20.8 Å². The van der Waals surface area contributed by atoms with Crippen molar-refractivity contribution in [3.63, 3.8) is 0 Å². The van der Waals surface area contributed by atoms with Crippen LogP contribution in [-0.4, -0.2) is 158 Å². The van der Waals surface area contributed by atoms with Gasteiger partial charge in [0.2, 0.25) is 0 Å². The molecule has 21 aliphatic rings. The zero-order chi connectivity index (χ0) is 63.3. The number of carbonyl (C=O) groups excluding carboxylic acids is 9. The van der Waals surface area contributed by atoms with Gasteiger partial charge in [0.25, 0.3) is 0 Å². The highest BCUT2D eigenvalue weighted by atomic mass is 16.7. The third kappa shape index (κ3) is 7.73. The largest absolute Gasteiger partial charge is 0.469 e. The number of carbonyl (C=O) groups is 9. The standard InChI is InChI=1S/C17H18O7.C10H11NO3.C10H11NO2.C10H12O5.C10H14O2.C9H12O3/c1-4-5-2-6-10(17(20)22-11(4)6)9(5)16(19)23-13-8-3-7-12(21-8)14(13)24-15(7)18;1-10(2)7-4(3-11)5-6(13-7)8(10)14-9(5)12;1-4-5-2-6-8(7(5)3-11)10(12)13-9(4)6;1-3-6-4(9(11)13-2)5-8(14-6)7(3)15-10(5)12;1-10(2)5-3-6-7(4-5)9(11)12-8(6)10;1-9(2)5-3-4-6(11-5)7(9)12-8(4)10/h4-14H,2-3H2,1H3;4-8H,1-2H3;4-9H,2H2,1H3;3-8H,1-2H3;5-8H,3-4H2,1-2H3;4-7H,3H2,1-2H3. The zero-order valence-electron chi connectivity index (χ0n) is 51.9. The van der Waals surface area contributed by atoms with E-state index in [2.05, 4.69) is 53.7 Å². The van der Waals surface area contributed by atoms with Gasteiger partial charge in [-0.2, -0.15) is 10.5 Å². The molecular weight excluding hydrogens is 1170 g/mol. The molecule has 90 heavy (non-hydrogen) atoms. The maximum atomic E-state index is 12.9. The third-order valence-electron chi connectivity index (χ3n) is 26.9. The number of rotatable bonds is 3. The van der Waals surface area contributed by atoms with Gasteiger partial charge in [-0.3, -0.25) is 43.2 Å². The average molecular weight is 1250 g/mol. The topological polar surface area (TPSA) is 321 Å². The molecule has 0 aromatic heterocycles. The predicted molar refractivity (Wildman–Crippen MR) is 293 cm³/mol. The quantitative estimate of drug-likeness (QED) is 0.288. The Hall–Kier alpha value is -5.95. The van der Waals surface area contributed by atoms with Crippen LogP contribution in [0.2, 0.25) is 0 Å². The molecule has 15 saturated heterocycles. The zero-order valence-corrected chi connectivity index (χ0v) is 51.9.